The van der Waals surface area contributed by atoms with E-state index >= 15 is 0 Å². The highest BCUT2D eigenvalue weighted by Crippen LogP contribution is 2.27. The molecule has 1 fully saturated rings. The first kappa shape index (κ1) is 69.7. The zero-order valence-electron chi connectivity index (χ0n) is 47.8. The topological polar surface area (TPSA) is 175 Å². The van der Waals surface area contributed by atoms with E-state index in [4.69, 9.17) is 23.7 Å². The van der Waals surface area contributed by atoms with Gasteiger partial charge in [-0.25, -0.2) is 4.79 Å². The van der Waals surface area contributed by atoms with E-state index in [0.29, 0.717) is 19.3 Å². The average molecular weight is 1060 g/mol. The predicted octanol–water partition coefficient (Wildman–Crippen LogP) is 15.8. The summed E-state index contributed by atoms with van der Waals surface area (Å²) in [4.78, 5) is 51.1. The highest BCUT2D eigenvalue weighted by molar-refractivity contribution is 5.74. The number of aliphatic carboxylic acids is 1. The molecule has 0 radical (unpaired) electrons. The van der Waals surface area contributed by atoms with Gasteiger partial charge in [-0.3, -0.25) is 14.4 Å². The number of hydrogen-bond donors (Lipinski definition) is 3. The molecule has 1 saturated heterocycles. The van der Waals surface area contributed by atoms with Crippen LogP contribution in [-0.4, -0.2) is 89.2 Å². The summed E-state index contributed by atoms with van der Waals surface area (Å²) in [7, 11) is 0. The van der Waals surface area contributed by atoms with Gasteiger partial charge in [-0.2, -0.15) is 0 Å². The lowest BCUT2D eigenvalue weighted by atomic mass is 9.98. The van der Waals surface area contributed by atoms with Crippen molar-refractivity contribution in [1.29, 1.82) is 0 Å². The zero-order chi connectivity index (χ0) is 54.7. The summed E-state index contributed by atoms with van der Waals surface area (Å²) in [6.45, 7) is 5.89. The highest BCUT2D eigenvalue weighted by Gasteiger charge is 2.50. The minimum absolute atomic E-state index is 0.0466. The molecule has 434 valence electrons. The third-order valence-corrected chi connectivity index (χ3v) is 13.9. The van der Waals surface area contributed by atoms with Gasteiger partial charge in [0.15, 0.2) is 24.6 Å². The van der Waals surface area contributed by atoms with Crippen molar-refractivity contribution in [2.45, 2.75) is 314 Å². The number of hydrogen-bond acceptors (Lipinski definition) is 11. The zero-order valence-corrected chi connectivity index (χ0v) is 47.8. The number of ether oxygens (including phenoxy) is 5. The van der Waals surface area contributed by atoms with Gasteiger partial charge >= 0.3 is 23.9 Å². The van der Waals surface area contributed by atoms with E-state index in [0.717, 1.165) is 103 Å². The molecule has 6 atom stereocenters. The summed E-state index contributed by atoms with van der Waals surface area (Å²) in [5.41, 5.74) is 0. The number of esters is 3. The molecule has 0 aromatic carbocycles. The minimum atomic E-state index is -1.91. The standard InChI is InChI=1S/C63H110O12/c1-4-7-10-13-16-19-22-24-26-27-28-29-31-33-36-39-42-45-48-51-57(66)74-61-59(68)58(67)60(62(69)70)75-63(61)72-53-54(73-56(65)50-47-44-41-38-34-21-18-15-12-9-6-3)52-71-55(64)49-46-43-40-37-35-32-30-25-23-20-17-14-11-8-5-2/h7,10,16,19,24,26,28-29,54,58-61,63,67-68H,4-6,8-9,11-15,17-18,20-23,25,27,30-53H2,1-3H3,(H,69,70)/b10-7-,19-16-,26-24-,29-28-. The van der Waals surface area contributed by atoms with E-state index < -0.39 is 67.3 Å². The molecule has 0 spiro atoms. The van der Waals surface area contributed by atoms with Crippen molar-refractivity contribution < 1.29 is 58.2 Å². The summed E-state index contributed by atoms with van der Waals surface area (Å²) in [5, 5.41) is 31.5. The van der Waals surface area contributed by atoms with Crippen LogP contribution in [0.25, 0.3) is 0 Å². The number of carboxylic acids is 1. The van der Waals surface area contributed by atoms with Gasteiger partial charge in [0.2, 0.25) is 0 Å². The molecule has 1 aliphatic heterocycles. The van der Waals surface area contributed by atoms with Crippen LogP contribution in [0.4, 0.5) is 0 Å². The normalized spacial score (nSPS) is 18.4. The molecule has 0 bridgehead atoms. The lowest BCUT2D eigenvalue weighted by Crippen LogP contribution is -2.61. The summed E-state index contributed by atoms with van der Waals surface area (Å²) in [6.07, 6.45) is 49.3. The fourth-order valence-electron chi connectivity index (χ4n) is 9.24. The van der Waals surface area contributed by atoms with Crippen molar-refractivity contribution >= 4 is 23.9 Å². The summed E-state index contributed by atoms with van der Waals surface area (Å²) in [6, 6.07) is 0. The van der Waals surface area contributed by atoms with Gasteiger partial charge < -0.3 is 39.0 Å². The van der Waals surface area contributed by atoms with Crippen molar-refractivity contribution in [2.75, 3.05) is 13.2 Å². The SMILES string of the molecule is CC/C=C\C/C=C\C/C=C\C/C=C\CCCCCCCCC(=O)OC1C(OCC(COC(=O)CCCCCCCCCCCCCCCCC)OC(=O)CCCCCCCCCCCCC)OC(C(=O)O)C(O)C1O. The Hall–Kier alpha value is -3.32. The first-order valence-corrected chi connectivity index (χ1v) is 30.6. The number of carboxylic acid groups (broad SMARTS) is 1. The third kappa shape index (κ3) is 41.5. The average Bonchev–Trinajstić information content (AvgIpc) is 3.39. The minimum Gasteiger partial charge on any atom is -0.479 e. The number of aliphatic hydroxyl groups excluding tert-OH is 2. The first-order valence-electron chi connectivity index (χ1n) is 30.6. The Labute approximate surface area is 456 Å². The maximum Gasteiger partial charge on any atom is 0.335 e. The maximum absolute atomic E-state index is 13.1. The fraction of sp³-hybridized carbons (Fsp3) is 0.810. The van der Waals surface area contributed by atoms with Crippen molar-refractivity contribution in [3.8, 4) is 0 Å². The van der Waals surface area contributed by atoms with Crippen LogP contribution in [0.5, 0.6) is 0 Å². The van der Waals surface area contributed by atoms with Crippen LogP contribution in [-0.2, 0) is 42.9 Å². The molecule has 0 amide bonds. The fourth-order valence-corrected chi connectivity index (χ4v) is 9.24. The molecule has 75 heavy (non-hydrogen) atoms. The molecule has 6 unspecified atom stereocenters. The van der Waals surface area contributed by atoms with E-state index in [-0.39, 0.29) is 25.9 Å². The number of carbonyl (C=O) groups excluding carboxylic acids is 3. The molecule has 0 aromatic heterocycles. The quantitative estimate of drug-likeness (QED) is 0.0228. The van der Waals surface area contributed by atoms with E-state index in [1.165, 1.54) is 116 Å². The molecule has 1 aliphatic rings. The summed E-state index contributed by atoms with van der Waals surface area (Å²) < 4.78 is 28.4. The largest absolute Gasteiger partial charge is 0.479 e. The van der Waals surface area contributed by atoms with Gasteiger partial charge in [0.05, 0.1) is 6.61 Å². The highest BCUT2D eigenvalue weighted by atomic mass is 16.7. The van der Waals surface area contributed by atoms with Gasteiger partial charge in [-0.1, -0.05) is 249 Å². The molecule has 3 N–H and O–H groups in total. The Balaban J connectivity index is 2.65. The van der Waals surface area contributed by atoms with Crippen molar-refractivity contribution in [2.24, 2.45) is 0 Å². The van der Waals surface area contributed by atoms with E-state index in [1.807, 2.05) is 0 Å². The smallest absolute Gasteiger partial charge is 0.335 e. The molecule has 0 saturated carbocycles. The molecule has 1 heterocycles. The lowest BCUT2D eigenvalue weighted by Gasteiger charge is -2.40. The Morgan fingerprint density at radius 2 is 0.840 bits per heavy atom. The molecule has 0 aromatic rings. The van der Waals surface area contributed by atoms with Crippen LogP contribution < -0.4 is 0 Å². The number of allylic oxidation sites excluding steroid dienone is 8. The molecular formula is C63H110O12. The van der Waals surface area contributed by atoms with Crippen LogP contribution in [0, 0.1) is 0 Å². The van der Waals surface area contributed by atoms with Crippen LogP contribution in [0.1, 0.15) is 278 Å². The molecular weight excluding hydrogens is 949 g/mol. The van der Waals surface area contributed by atoms with E-state index in [9.17, 15) is 34.5 Å². The van der Waals surface area contributed by atoms with Crippen LogP contribution in [0.2, 0.25) is 0 Å². The summed E-state index contributed by atoms with van der Waals surface area (Å²) in [5.74, 6) is -3.11. The van der Waals surface area contributed by atoms with Crippen LogP contribution in [0.15, 0.2) is 48.6 Å². The lowest BCUT2D eigenvalue weighted by molar-refractivity contribution is -0.301. The van der Waals surface area contributed by atoms with E-state index in [2.05, 4.69) is 69.4 Å². The Bertz CT molecular complexity index is 1490. The van der Waals surface area contributed by atoms with E-state index in [1.54, 1.807) is 0 Å². The van der Waals surface area contributed by atoms with Gasteiger partial charge in [0, 0.05) is 19.3 Å². The van der Waals surface area contributed by atoms with Gasteiger partial charge in [-0.15, -0.1) is 0 Å². The maximum atomic E-state index is 13.1. The molecule has 1 rings (SSSR count). The number of aliphatic hydroxyl groups is 2. The van der Waals surface area contributed by atoms with Crippen molar-refractivity contribution in [3.63, 3.8) is 0 Å². The predicted molar refractivity (Wildman–Crippen MR) is 303 cm³/mol. The Kier molecular flexibility index (Phi) is 47.8. The van der Waals surface area contributed by atoms with Crippen LogP contribution in [0.3, 0.4) is 0 Å². The number of unbranched alkanes of at least 4 members (excludes halogenated alkanes) is 30. The Morgan fingerprint density at radius 3 is 1.28 bits per heavy atom. The van der Waals surface area contributed by atoms with Crippen molar-refractivity contribution in [1.82, 2.24) is 0 Å². The second-order valence-electron chi connectivity index (χ2n) is 21.0. The van der Waals surface area contributed by atoms with Gasteiger partial charge in [0.25, 0.3) is 0 Å². The van der Waals surface area contributed by atoms with Gasteiger partial charge in [0.1, 0.15) is 18.8 Å². The van der Waals surface area contributed by atoms with Crippen molar-refractivity contribution in [3.05, 3.63) is 48.6 Å². The first-order chi connectivity index (χ1) is 36.6. The Morgan fingerprint density at radius 1 is 0.453 bits per heavy atom. The molecule has 12 heteroatoms. The van der Waals surface area contributed by atoms with Crippen LogP contribution >= 0.6 is 0 Å². The number of carbonyl (C=O) groups is 4. The third-order valence-electron chi connectivity index (χ3n) is 13.9. The monoisotopic (exact) mass is 1060 g/mol. The molecule has 12 nitrogen and oxygen atoms in total. The second-order valence-corrected chi connectivity index (χ2v) is 21.0. The second kappa shape index (κ2) is 51.4. The van der Waals surface area contributed by atoms with Gasteiger partial charge in [-0.05, 0) is 57.8 Å². The summed E-state index contributed by atoms with van der Waals surface area (Å²) >= 11 is 0. The number of rotatable bonds is 52. The molecule has 0 aliphatic carbocycles.